The zero-order valence-corrected chi connectivity index (χ0v) is 14.3. The third-order valence-corrected chi connectivity index (χ3v) is 7.08. The number of piperidine rings is 1. The predicted molar refractivity (Wildman–Crippen MR) is 84.6 cm³/mol. The first kappa shape index (κ1) is 16.1. The highest BCUT2D eigenvalue weighted by Crippen LogP contribution is 2.35. The second-order valence-electron chi connectivity index (χ2n) is 5.88. The molecule has 5 nitrogen and oxygen atoms in total. The number of fused-ring (bicyclic) bond motifs is 1. The number of carbonyl (C=O) groups excluding carboxylic acids is 1. The van der Waals surface area contributed by atoms with E-state index in [-0.39, 0.29) is 27.7 Å². The molecule has 0 radical (unpaired) electrons. The number of hydrogen-bond acceptors (Lipinski definition) is 3. The molecule has 2 heterocycles. The number of amides is 1. The lowest BCUT2D eigenvalue weighted by molar-refractivity contribution is -0.124. The molecule has 0 spiro atoms. The van der Waals surface area contributed by atoms with Crippen LogP contribution in [0.2, 0.25) is 10.0 Å². The van der Waals surface area contributed by atoms with Crippen molar-refractivity contribution in [2.24, 2.45) is 11.8 Å². The SMILES string of the molecule is Cc1cc(Cl)c(Cl)cc1S(=O)(=O)N1C[C@H]2CC(=O)NC[C@H]2C1. The first-order valence-electron chi connectivity index (χ1n) is 7.01. The largest absolute Gasteiger partial charge is 0.356 e. The molecule has 2 saturated heterocycles. The van der Waals surface area contributed by atoms with Crippen LogP contribution in [-0.2, 0) is 14.8 Å². The van der Waals surface area contributed by atoms with E-state index in [0.29, 0.717) is 36.6 Å². The summed E-state index contributed by atoms with van der Waals surface area (Å²) in [5.74, 6) is 0.258. The maximum atomic E-state index is 12.9. The Hall–Kier alpha value is -0.820. The predicted octanol–water partition coefficient (Wildman–Crippen LogP) is 2.06. The van der Waals surface area contributed by atoms with Crippen molar-refractivity contribution >= 4 is 39.1 Å². The molecule has 22 heavy (non-hydrogen) atoms. The number of aryl methyl sites for hydroxylation is 1. The monoisotopic (exact) mass is 362 g/mol. The van der Waals surface area contributed by atoms with Crippen molar-refractivity contribution in [3.05, 3.63) is 27.7 Å². The Morgan fingerprint density at radius 3 is 2.55 bits per heavy atom. The summed E-state index contributed by atoms with van der Waals surface area (Å²) in [5.41, 5.74) is 0.568. The minimum atomic E-state index is -3.63. The van der Waals surface area contributed by atoms with Crippen LogP contribution in [0.25, 0.3) is 0 Å². The van der Waals surface area contributed by atoms with Crippen LogP contribution in [0.3, 0.4) is 0 Å². The summed E-state index contributed by atoms with van der Waals surface area (Å²) in [6.07, 6.45) is 0.386. The van der Waals surface area contributed by atoms with Gasteiger partial charge in [-0.2, -0.15) is 4.31 Å². The second-order valence-corrected chi connectivity index (χ2v) is 8.60. The standard InChI is InChI=1S/C14H16Cl2N2O3S/c1-8-2-11(15)12(16)4-13(8)22(20,21)18-6-9-3-14(19)17-5-10(9)7-18/h2,4,9-10H,3,5-7H2,1H3,(H,17,19)/t9-,10+/m1/s1. The highest BCUT2D eigenvalue weighted by molar-refractivity contribution is 7.89. The van der Waals surface area contributed by atoms with Crippen LogP contribution in [-0.4, -0.2) is 38.3 Å². The number of carbonyl (C=O) groups is 1. The molecule has 2 aliphatic rings. The molecule has 120 valence electrons. The van der Waals surface area contributed by atoms with E-state index >= 15 is 0 Å². The number of nitrogens with zero attached hydrogens (tertiary/aromatic N) is 1. The molecule has 1 aromatic carbocycles. The fourth-order valence-corrected chi connectivity index (χ4v) is 5.39. The van der Waals surface area contributed by atoms with E-state index in [1.807, 2.05) is 0 Å². The molecule has 1 N–H and O–H groups in total. The fraction of sp³-hybridized carbons (Fsp3) is 0.500. The summed E-state index contributed by atoms with van der Waals surface area (Å²) >= 11 is 11.9. The molecule has 2 fully saturated rings. The number of benzene rings is 1. The Morgan fingerprint density at radius 1 is 1.18 bits per heavy atom. The van der Waals surface area contributed by atoms with Crippen molar-refractivity contribution in [1.29, 1.82) is 0 Å². The minimum Gasteiger partial charge on any atom is -0.356 e. The highest BCUT2D eigenvalue weighted by Gasteiger charge is 2.42. The van der Waals surface area contributed by atoms with Crippen LogP contribution in [0.4, 0.5) is 0 Å². The second kappa shape index (κ2) is 5.67. The summed E-state index contributed by atoms with van der Waals surface area (Å²) in [7, 11) is -3.63. The molecule has 2 atom stereocenters. The fourth-order valence-electron chi connectivity index (χ4n) is 3.15. The molecule has 0 aliphatic carbocycles. The lowest BCUT2D eigenvalue weighted by atomic mass is 9.89. The smallest absolute Gasteiger partial charge is 0.243 e. The van der Waals surface area contributed by atoms with E-state index < -0.39 is 10.0 Å². The molecule has 0 saturated carbocycles. The van der Waals surface area contributed by atoms with Gasteiger partial charge in [0.05, 0.1) is 14.9 Å². The van der Waals surface area contributed by atoms with Gasteiger partial charge in [0, 0.05) is 26.1 Å². The van der Waals surface area contributed by atoms with Crippen molar-refractivity contribution in [2.75, 3.05) is 19.6 Å². The van der Waals surface area contributed by atoms with Gasteiger partial charge in [0.15, 0.2) is 0 Å². The van der Waals surface area contributed by atoms with Gasteiger partial charge in [-0.05, 0) is 36.5 Å². The van der Waals surface area contributed by atoms with Crippen LogP contribution < -0.4 is 5.32 Å². The molecule has 8 heteroatoms. The Labute approximate surface area is 139 Å². The van der Waals surface area contributed by atoms with Gasteiger partial charge in [-0.15, -0.1) is 0 Å². The summed E-state index contributed by atoms with van der Waals surface area (Å²) in [6.45, 7) is 3.03. The van der Waals surface area contributed by atoms with Crippen LogP contribution in [0.5, 0.6) is 0 Å². The Balaban J connectivity index is 1.91. The topological polar surface area (TPSA) is 66.5 Å². The maximum Gasteiger partial charge on any atom is 0.243 e. The summed E-state index contributed by atoms with van der Waals surface area (Å²) in [6, 6.07) is 2.96. The molecule has 0 aromatic heterocycles. The van der Waals surface area contributed by atoms with Crippen molar-refractivity contribution < 1.29 is 13.2 Å². The third kappa shape index (κ3) is 2.73. The van der Waals surface area contributed by atoms with Crippen molar-refractivity contribution in [1.82, 2.24) is 9.62 Å². The molecule has 0 unspecified atom stereocenters. The lowest BCUT2D eigenvalue weighted by Gasteiger charge is -2.23. The number of hydrogen-bond donors (Lipinski definition) is 1. The quantitative estimate of drug-likeness (QED) is 0.875. The van der Waals surface area contributed by atoms with E-state index in [4.69, 9.17) is 23.2 Å². The highest BCUT2D eigenvalue weighted by atomic mass is 35.5. The molecule has 0 bridgehead atoms. The first-order chi connectivity index (χ1) is 10.3. The Morgan fingerprint density at radius 2 is 1.82 bits per heavy atom. The van der Waals surface area contributed by atoms with E-state index in [9.17, 15) is 13.2 Å². The molecule has 2 aliphatic heterocycles. The Kier molecular flexibility index (Phi) is 4.14. The van der Waals surface area contributed by atoms with Crippen LogP contribution in [0, 0.1) is 18.8 Å². The summed E-state index contributed by atoms with van der Waals surface area (Å²) in [5, 5.41) is 3.35. The van der Waals surface area contributed by atoms with Gasteiger partial charge >= 0.3 is 0 Å². The van der Waals surface area contributed by atoms with Crippen LogP contribution >= 0.6 is 23.2 Å². The van der Waals surface area contributed by atoms with Gasteiger partial charge in [-0.1, -0.05) is 23.2 Å². The van der Waals surface area contributed by atoms with E-state index in [1.165, 1.54) is 10.4 Å². The van der Waals surface area contributed by atoms with Crippen molar-refractivity contribution in [3.8, 4) is 0 Å². The van der Waals surface area contributed by atoms with Gasteiger partial charge < -0.3 is 5.32 Å². The van der Waals surface area contributed by atoms with E-state index in [1.54, 1.807) is 13.0 Å². The number of sulfonamides is 1. The summed E-state index contributed by atoms with van der Waals surface area (Å²) in [4.78, 5) is 11.6. The zero-order chi connectivity index (χ0) is 16.1. The number of nitrogens with one attached hydrogen (secondary N) is 1. The number of halogens is 2. The van der Waals surface area contributed by atoms with Gasteiger partial charge in [0.25, 0.3) is 0 Å². The van der Waals surface area contributed by atoms with Gasteiger partial charge in [0.1, 0.15) is 0 Å². The van der Waals surface area contributed by atoms with Crippen molar-refractivity contribution in [2.45, 2.75) is 18.2 Å². The maximum absolute atomic E-state index is 12.9. The lowest BCUT2D eigenvalue weighted by Crippen LogP contribution is -2.40. The zero-order valence-electron chi connectivity index (χ0n) is 12.0. The minimum absolute atomic E-state index is 0.00813. The molecular weight excluding hydrogens is 347 g/mol. The molecular formula is C14H16Cl2N2O3S. The van der Waals surface area contributed by atoms with Gasteiger partial charge in [-0.3, -0.25) is 4.79 Å². The summed E-state index contributed by atoms with van der Waals surface area (Å²) < 4.78 is 27.2. The van der Waals surface area contributed by atoms with Crippen LogP contribution in [0.1, 0.15) is 12.0 Å². The van der Waals surface area contributed by atoms with E-state index in [0.717, 1.165) is 0 Å². The van der Waals surface area contributed by atoms with Crippen molar-refractivity contribution in [3.63, 3.8) is 0 Å². The average Bonchev–Trinajstić information content (AvgIpc) is 2.86. The molecule has 1 aromatic rings. The number of rotatable bonds is 2. The molecule has 1 amide bonds. The van der Waals surface area contributed by atoms with Crippen LogP contribution in [0.15, 0.2) is 17.0 Å². The van der Waals surface area contributed by atoms with E-state index in [2.05, 4.69) is 5.32 Å². The Bertz CT molecular complexity index is 736. The third-order valence-electron chi connectivity index (χ3n) is 4.39. The molecule has 3 rings (SSSR count). The first-order valence-corrected chi connectivity index (χ1v) is 9.21. The normalized spacial score (nSPS) is 25.9. The average molecular weight is 363 g/mol. The van der Waals surface area contributed by atoms with Gasteiger partial charge in [0.2, 0.25) is 15.9 Å². The van der Waals surface area contributed by atoms with Gasteiger partial charge in [-0.25, -0.2) is 8.42 Å².